The minimum Gasteiger partial charge on any atom is -0.452 e. The van der Waals surface area contributed by atoms with Crippen LogP contribution in [-0.4, -0.2) is 54.8 Å². The van der Waals surface area contributed by atoms with Crippen molar-refractivity contribution in [3.63, 3.8) is 0 Å². The summed E-state index contributed by atoms with van der Waals surface area (Å²) in [5.41, 5.74) is 15.5. The normalized spacial score (nSPS) is 11.5. The van der Waals surface area contributed by atoms with Crippen LogP contribution in [0.1, 0.15) is 0 Å². The van der Waals surface area contributed by atoms with Crippen molar-refractivity contribution in [1.82, 2.24) is 54.8 Å². The van der Waals surface area contributed by atoms with E-state index >= 15 is 0 Å². The molecule has 0 saturated heterocycles. The number of fused-ring (bicyclic) bond motifs is 23. The second-order valence-electron chi connectivity index (χ2n) is 31.7. The SMILES string of the molecule is Brc1ccc(-c2nc(-c3ccccc3)nc3sc4ccccc4c23)cc1.Brc1ccc2sc3cc(-c4nc(-c5ccccc5)c5ccc6ccccc6c5n4)ccc3c2c1.Clc1nc(-c2ccc3ccccc3c2)nc2sc3ccccc3c12.Clc1nc(-c2ccccc2)c2c3ccccc3c3ccccc3c2n1.Clc1nc(-c2cnc3ccccc3c2)c2oc3ccccc3c2n1. The van der Waals surface area contributed by atoms with Gasteiger partial charge in [-0.1, -0.05) is 341 Å². The molecular weight excluding hydrogens is 1890 g/mol. The lowest BCUT2D eigenvalue weighted by Crippen LogP contribution is -1.96. The van der Waals surface area contributed by atoms with Crippen molar-refractivity contribution in [3.8, 4) is 79.2 Å². The summed E-state index contributed by atoms with van der Waals surface area (Å²) in [6.07, 6.45) is 1.79. The molecule has 630 valence electrons. The highest BCUT2D eigenvalue weighted by Gasteiger charge is 2.23. The van der Waals surface area contributed by atoms with Gasteiger partial charge in [0.1, 0.15) is 31.6 Å². The minimum atomic E-state index is 0.192. The van der Waals surface area contributed by atoms with E-state index in [2.05, 4.69) is 310 Å². The molecule has 0 aliphatic heterocycles. The van der Waals surface area contributed by atoms with Crippen LogP contribution in [0, 0.1) is 0 Å². The first kappa shape index (κ1) is 82.8. The average Bonchev–Trinajstić information content (AvgIpc) is 1.69. The number of thiophene rings is 3. The van der Waals surface area contributed by atoms with Gasteiger partial charge in [0.2, 0.25) is 10.6 Å². The maximum absolute atomic E-state index is 6.51. The van der Waals surface area contributed by atoms with Gasteiger partial charge in [-0.3, -0.25) is 4.98 Å². The second kappa shape index (κ2) is 35.6. The lowest BCUT2D eigenvalue weighted by molar-refractivity contribution is 0.667. The predicted molar refractivity (Wildman–Crippen MR) is 565 cm³/mol. The summed E-state index contributed by atoms with van der Waals surface area (Å²) in [4.78, 5) is 53.8. The van der Waals surface area contributed by atoms with Crippen molar-refractivity contribution in [2.24, 2.45) is 0 Å². The number of para-hydroxylation sites is 2. The van der Waals surface area contributed by atoms with Crippen molar-refractivity contribution in [2.45, 2.75) is 0 Å². The van der Waals surface area contributed by atoms with Crippen LogP contribution >= 0.6 is 101 Å². The van der Waals surface area contributed by atoms with Gasteiger partial charge in [-0.2, -0.15) is 0 Å². The number of pyridine rings is 1. The van der Waals surface area contributed by atoms with Crippen LogP contribution in [0.3, 0.4) is 0 Å². The summed E-state index contributed by atoms with van der Waals surface area (Å²) in [5.74, 6) is 2.19. The van der Waals surface area contributed by atoms with E-state index in [-0.39, 0.29) is 10.6 Å². The summed E-state index contributed by atoms with van der Waals surface area (Å²) in [5, 5.41) is 21.3. The molecule has 0 radical (unpaired) electrons. The van der Waals surface area contributed by atoms with Crippen LogP contribution < -0.4 is 0 Å². The van der Waals surface area contributed by atoms with Gasteiger partial charge < -0.3 is 4.42 Å². The van der Waals surface area contributed by atoms with Gasteiger partial charge in [-0.05, 0) is 140 Å². The molecule has 27 aromatic rings. The fraction of sp³-hybridized carbons (Fsp3) is 0. The molecular formula is C113H64Br2Cl3N11OS3. The largest absolute Gasteiger partial charge is 0.452 e. The molecule has 0 amide bonds. The average molecular weight is 1950 g/mol. The van der Waals surface area contributed by atoms with Crippen molar-refractivity contribution < 1.29 is 4.42 Å². The number of benzene rings is 17. The van der Waals surface area contributed by atoms with Crippen LogP contribution in [0.15, 0.2) is 402 Å². The fourth-order valence-corrected chi connectivity index (χ4v) is 22.0. The molecule has 10 heterocycles. The Bertz CT molecular complexity index is 9270. The minimum absolute atomic E-state index is 0.192. The number of rotatable bonds is 7. The van der Waals surface area contributed by atoms with Crippen LogP contribution in [0.25, 0.3) is 238 Å². The van der Waals surface area contributed by atoms with E-state index in [0.29, 0.717) is 27.8 Å². The van der Waals surface area contributed by atoms with Gasteiger partial charge in [0, 0.05) is 132 Å². The Labute approximate surface area is 803 Å². The Morgan fingerprint density at radius 1 is 0.241 bits per heavy atom. The molecule has 0 spiro atoms. The monoisotopic (exact) mass is 1950 g/mol. The van der Waals surface area contributed by atoms with Gasteiger partial charge in [0.15, 0.2) is 23.1 Å². The zero-order chi connectivity index (χ0) is 89.2. The van der Waals surface area contributed by atoms with E-state index < -0.39 is 0 Å². The Kier molecular flexibility index (Phi) is 22.2. The highest BCUT2D eigenvalue weighted by Crippen LogP contribution is 2.46. The van der Waals surface area contributed by atoms with E-state index in [9.17, 15) is 0 Å². The first-order valence-corrected chi connectivity index (χ1v) is 47.9. The van der Waals surface area contributed by atoms with Crippen molar-refractivity contribution in [2.75, 3.05) is 0 Å². The lowest BCUT2D eigenvalue weighted by atomic mass is 9.94. The standard InChI is InChI=1S/C30H17BrN2S.C22H13BrN2S.C22H13ClN2.C20H11ClN2S.C19H10ClN3O/c31-21-12-15-26-25(17-21)23-13-11-20(16-27(23)34-26)30-32-28(19-7-2-1-3-8-19)24-14-10-18-6-4-5-9-22(18)29(24)33-30;23-16-12-10-14(11-13-16)20-19-17-8-4-5-9-18(17)26-22(19)25-21(24-20)15-6-2-1-3-7-15;23-22-24-20(14-8-2-1-3-9-14)19-17-12-6-4-10-15(17)16-11-5-7-13-18(16)21(19)25-22;21-18-17-15-7-3-4-8-16(15)24-20(17)23-19(22-18)14-10-9-12-5-1-2-6-13(12)11-14;20-19-22-16(12-9-11-5-1-3-7-14(11)21-10-12)18-17(23-19)13-6-2-4-8-15(13)24-18/h1-17H;1-13H;1-13H;1-11H;1-10H. The fourth-order valence-electron chi connectivity index (χ4n) is 17.4. The molecule has 0 saturated carbocycles. The number of hydrogen-bond acceptors (Lipinski definition) is 15. The molecule has 0 atom stereocenters. The predicted octanol–water partition coefficient (Wildman–Crippen LogP) is 34.0. The molecule has 0 aliphatic carbocycles. The number of furan rings is 1. The van der Waals surface area contributed by atoms with Crippen LogP contribution in [0.2, 0.25) is 15.7 Å². The molecule has 0 aliphatic rings. The molecule has 27 rings (SSSR count). The lowest BCUT2D eigenvalue weighted by Gasteiger charge is -2.13. The topological polar surface area (TPSA) is 155 Å². The Morgan fingerprint density at radius 3 is 1.45 bits per heavy atom. The highest BCUT2D eigenvalue weighted by molar-refractivity contribution is 9.10. The van der Waals surface area contributed by atoms with Crippen molar-refractivity contribution >= 4 is 259 Å². The van der Waals surface area contributed by atoms with Gasteiger partial charge in [-0.15, -0.1) is 34.0 Å². The van der Waals surface area contributed by atoms with Crippen molar-refractivity contribution in [1.29, 1.82) is 0 Å². The van der Waals surface area contributed by atoms with Crippen LogP contribution in [-0.2, 0) is 0 Å². The van der Waals surface area contributed by atoms with E-state index in [4.69, 9.17) is 64.1 Å². The van der Waals surface area contributed by atoms with E-state index in [1.54, 1.807) is 28.9 Å². The smallest absolute Gasteiger partial charge is 0.223 e. The van der Waals surface area contributed by atoms with Crippen LogP contribution in [0.5, 0.6) is 0 Å². The summed E-state index contributed by atoms with van der Waals surface area (Å²) >= 11 is 31.3. The van der Waals surface area contributed by atoms with Crippen molar-refractivity contribution in [3.05, 3.63) is 413 Å². The second-order valence-corrected chi connectivity index (χ2v) is 37.7. The summed E-state index contributed by atoms with van der Waals surface area (Å²) in [7, 11) is 0. The van der Waals surface area contributed by atoms with Gasteiger partial charge in [0.25, 0.3) is 0 Å². The van der Waals surface area contributed by atoms with Gasteiger partial charge >= 0.3 is 0 Å². The number of halogens is 5. The van der Waals surface area contributed by atoms with Crippen LogP contribution in [0.4, 0.5) is 0 Å². The maximum Gasteiger partial charge on any atom is 0.223 e. The molecule has 0 bridgehead atoms. The maximum atomic E-state index is 6.51. The zero-order valence-corrected chi connectivity index (χ0v) is 77.8. The summed E-state index contributed by atoms with van der Waals surface area (Å²) in [6, 6.07) is 130. The molecule has 0 fully saturated rings. The Morgan fingerprint density at radius 2 is 0.722 bits per heavy atom. The molecule has 20 heteroatoms. The van der Waals surface area contributed by atoms with E-state index in [0.717, 1.165) is 162 Å². The molecule has 133 heavy (non-hydrogen) atoms. The Hall–Kier alpha value is -14.6. The Balaban J connectivity index is 0.0000000947. The zero-order valence-electron chi connectivity index (χ0n) is 69.9. The van der Waals surface area contributed by atoms with E-state index in [1.165, 1.54) is 61.9 Å². The third-order valence-corrected chi connectivity index (χ3v) is 28.5. The molecule has 17 aromatic carbocycles. The number of aromatic nitrogens is 11. The number of nitrogens with zero attached hydrogens (tertiary/aromatic N) is 11. The number of hydrogen-bond donors (Lipinski definition) is 0. The molecule has 0 N–H and O–H groups in total. The molecule has 0 unspecified atom stereocenters. The highest BCUT2D eigenvalue weighted by atomic mass is 79.9. The van der Waals surface area contributed by atoms with Gasteiger partial charge in [-0.25, -0.2) is 49.8 Å². The first-order chi connectivity index (χ1) is 65.4. The third-order valence-electron chi connectivity index (χ3n) is 23.6. The summed E-state index contributed by atoms with van der Waals surface area (Å²) in [6.45, 7) is 0. The molecule has 12 nitrogen and oxygen atoms in total. The van der Waals surface area contributed by atoms with E-state index in [1.807, 2.05) is 145 Å². The molecule has 10 aromatic heterocycles. The third kappa shape index (κ3) is 16.0. The van der Waals surface area contributed by atoms with Gasteiger partial charge in [0.05, 0.1) is 39.0 Å². The quantitative estimate of drug-likeness (QED) is 0.0847. The first-order valence-electron chi connectivity index (χ1n) is 42.7. The summed E-state index contributed by atoms with van der Waals surface area (Å²) < 4.78 is 13.1.